The molecule has 4 heteroatoms. The van der Waals surface area contributed by atoms with Gasteiger partial charge in [-0.3, -0.25) is 0 Å². The highest BCUT2D eigenvalue weighted by Gasteiger charge is 2.13. The molecule has 0 saturated carbocycles. The van der Waals surface area contributed by atoms with Crippen LogP contribution in [0.4, 0.5) is 0 Å². The van der Waals surface area contributed by atoms with Gasteiger partial charge in [0.15, 0.2) is 0 Å². The summed E-state index contributed by atoms with van der Waals surface area (Å²) in [6, 6.07) is 9.66. The van der Waals surface area contributed by atoms with E-state index in [0.717, 1.165) is 15.9 Å². The lowest BCUT2D eigenvalue weighted by atomic mass is 10.2. The molecule has 0 fully saturated rings. The number of rotatable bonds is 2. The van der Waals surface area contributed by atoms with Gasteiger partial charge in [0.05, 0.1) is 12.7 Å². The Balaban J connectivity index is 2.48. The maximum absolute atomic E-state index is 11.5. The highest BCUT2D eigenvalue weighted by atomic mass is 79.9. The monoisotopic (exact) mass is 293 g/mol. The SMILES string of the molecule is COC(=O)c1ccn(-c2cccc(Br)c2)c1C. The molecular weight excluding hydrogens is 282 g/mol. The number of methoxy groups -OCH3 is 1. The van der Waals surface area contributed by atoms with Crippen molar-refractivity contribution in [2.45, 2.75) is 6.92 Å². The van der Waals surface area contributed by atoms with Crippen LogP contribution in [-0.4, -0.2) is 17.6 Å². The van der Waals surface area contributed by atoms with E-state index in [1.807, 2.05) is 42.0 Å². The molecule has 1 aromatic carbocycles. The Morgan fingerprint density at radius 1 is 1.35 bits per heavy atom. The third-order valence-corrected chi connectivity index (χ3v) is 3.13. The summed E-state index contributed by atoms with van der Waals surface area (Å²) in [7, 11) is 1.39. The molecule has 2 aromatic rings. The van der Waals surface area contributed by atoms with Crippen LogP contribution in [0.5, 0.6) is 0 Å². The summed E-state index contributed by atoms with van der Waals surface area (Å²) in [6.07, 6.45) is 1.86. The van der Waals surface area contributed by atoms with Gasteiger partial charge < -0.3 is 9.30 Å². The van der Waals surface area contributed by atoms with Gasteiger partial charge in [0, 0.05) is 22.1 Å². The van der Waals surface area contributed by atoms with Crippen molar-refractivity contribution < 1.29 is 9.53 Å². The van der Waals surface area contributed by atoms with E-state index in [1.54, 1.807) is 6.07 Å². The normalized spacial score (nSPS) is 10.3. The fourth-order valence-corrected chi connectivity index (χ4v) is 2.13. The Hall–Kier alpha value is -1.55. The molecule has 0 amide bonds. The van der Waals surface area contributed by atoms with Gasteiger partial charge in [0.1, 0.15) is 0 Å². The third-order valence-electron chi connectivity index (χ3n) is 2.63. The van der Waals surface area contributed by atoms with E-state index < -0.39 is 0 Å². The molecule has 0 spiro atoms. The summed E-state index contributed by atoms with van der Waals surface area (Å²) in [5, 5.41) is 0. The van der Waals surface area contributed by atoms with Crippen LogP contribution in [0.3, 0.4) is 0 Å². The van der Waals surface area contributed by atoms with Crippen LogP contribution in [0.1, 0.15) is 16.1 Å². The first-order chi connectivity index (χ1) is 8.13. The highest BCUT2D eigenvalue weighted by molar-refractivity contribution is 9.10. The van der Waals surface area contributed by atoms with Gasteiger partial charge in [-0.2, -0.15) is 0 Å². The van der Waals surface area contributed by atoms with Crippen molar-refractivity contribution in [3.8, 4) is 5.69 Å². The Labute approximate surface area is 108 Å². The molecule has 3 nitrogen and oxygen atoms in total. The minimum Gasteiger partial charge on any atom is -0.465 e. The third kappa shape index (κ3) is 2.26. The lowest BCUT2D eigenvalue weighted by Crippen LogP contribution is -2.04. The molecule has 0 aliphatic heterocycles. The van der Waals surface area contributed by atoms with Crippen molar-refractivity contribution >= 4 is 21.9 Å². The predicted octanol–water partition coefficient (Wildman–Crippen LogP) is 3.33. The van der Waals surface area contributed by atoms with Crippen molar-refractivity contribution in [3.05, 3.63) is 52.3 Å². The van der Waals surface area contributed by atoms with E-state index >= 15 is 0 Å². The second kappa shape index (κ2) is 4.75. The van der Waals surface area contributed by atoms with Gasteiger partial charge in [-0.1, -0.05) is 22.0 Å². The Morgan fingerprint density at radius 2 is 2.12 bits per heavy atom. The Morgan fingerprint density at radius 3 is 2.76 bits per heavy atom. The van der Waals surface area contributed by atoms with E-state index in [0.29, 0.717) is 5.56 Å². The fourth-order valence-electron chi connectivity index (χ4n) is 1.74. The number of halogens is 1. The molecule has 1 heterocycles. The minimum absolute atomic E-state index is 0.309. The lowest BCUT2D eigenvalue weighted by molar-refractivity contribution is 0.0600. The van der Waals surface area contributed by atoms with Crippen molar-refractivity contribution in [2.75, 3.05) is 7.11 Å². The molecule has 17 heavy (non-hydrogen) atoms. The van der Waals surface area contributed by atoms with E-state index in [4.69, 9.17) is 4.74 Å². The average molecular weight is 294 g/mol. The van der Waals surface area contributed by atoms with E-state index in [-0.39, 0.29) is 5.97 Å². The number of ether oxygens (including phenoxy) is 1. The van der Waals surface area contributed by atoms with Crippen LogP contribution in [0, 0.1) is 6.92 Å². The zero-order chi connectivity index (χ0) is 12.4. The Bertz CT molecular complexity index is 560. The average Bonchev–Trinajstić information content (AvgIpc) is 2.70. The van der Waals surface area contributed by atoms with Gasteiger partial charge in [0.2, 0.25) is 0 Å². The largest absolute Gasteiger partial charge is 0.465 e. The lowest BCUT2D eigenvalue weighted by Gasteiger charge is -2.07. The quantitative estimate of drug-likeness (QED) is 0.795. The van der Waals surface area contributed by atoms with E-state index in [2.05, 4.69) is 15.9 Å². The van der Waals surface area contributed by atoms with Gasteiger partial charge in [-0.25, -0.2) is 4.79 Å². The maximum atomic E-state index is 11.5. The summed E-state index contributed by atoms with van der Waals surface area (Å²) in [6.45, 7) is 1.90. The van der Waals surface area contributed by atoms with Crippen LogP contribution in [0.25, 0.3) is 5.69 Å². The first kappa shape index (κ1) is 11.9. The molecule has 0 atom stereocenters. The second-order valence-corrected chi connectivity index (χ2v) is 4.57. The van der Waals surface area contributed by atoms with Gasteiger partial charge in [-0.05, 0) is 31.2 Å². The summed E-state index contributed by atoms with van der Waals surface area (Å²) in [5.41, 5.74) is 2.47. The van der Waals surface area contributed by atoms with Crippen molar-refractivity contribution in [1.82, 2.24) is 4.57 Å². The summed E-state index contributed by atoms with van der Waals surface area (Å²) >= 11 is 3.43. The van der Waals surface area contributed by atoms with Gasteiger partial charge in [0.25, 0.3) is 0 Å². The van der Waals surface area contributed by atoms with Crippen molar-refractivity contribution in [1.29, 1.82) is 0 Å². The number of esters is 1. The van der Waals surface area contributed by atoms with Crippen LogP contribution < -0.4 is 0 Å². The number of hydrogen-bond donors (Lipinski definition) is 0. The minimum atomic E-state index is -0.309. The molecule has 0 aliphatic rings. The molecule has 0 aliphatic carbocycles. The van der Waals surface area contributed by atoms with Crippen LogP contribution >= 0.6 is 15.9 Å². The standard InChI is InChI=1S/C13H12BrNO2/c1-9-12(13(16)17-2)6-7-15(9)11-5-3-4-10(14)8-11/h3-8H,1-2H3. The zero-order valence-electron chi connectivity index (χ0n) is 9.61. The Kier molecular flexibility index (Phi) is 3.33. The maximum Gasteiger partial charge on any atom is 0.339 e. The number of nitrogens with zero attached hydrogens (tertiary/aromatic N) is 1. The first-order valence-electron chi connectivity index (χ1n) is 5.15. The molecule has 0 N–H and O–H groups in total. The molecule has 2 rings (SSSR count). The fraction of sp³-hybridized carbons (Fsp3) is 0.154. The first-order valence-corrected chi connectivity index (χ1v) is 5.95. The molecule has 0 bridgehead atoms. The topological polar surface area (TPSA) is 31.2 Å². The molecular formula is C13H12BrNO2. The van der Waals surface area contributed by atoms with E-state index in [9.17, 15) is 4.79 Å². The number of benzene rings is 1. The molecule has 0 unspecified atom stereocenters. The molecule has 0 saturated heterocycles. The van der Waals surface area contributed by atoms with Crippen molar-refractivity contribution in [2.24, 2.45) is 0 Å². The molecule has 0 radical (unpaired) electrons. The number of aromatic nitrogens is 1. The van der Waals surface area contributed by atoms with Crippen LogP contribution in [0.2, 0.25) is 0 Å². The number of carbonyl (C=O) groups is 1. The van der Waals surface area contributed by atoms with Crippen LogP contribution in [-0.2, 0) is 4.74 Å². The summed E-state index contributed by atoms with van der Waals surface area (Å²) < 4.78 is 7.69. The van der Waals surface area contributed by atoms with Gasteiger partial charge in [-0.15, -0.1) is 0 Å². The van der Waals surface area contributed by atoms with Gasteiger partial charge >= 0.3 is 5.97 Å². The summed E-state index contributed by atoms with van der Waals surface area (Å²) in [4.78, 5) is 11.5. The van der Waals surface area contributed by atoms with Crippen molar-refractivity contribution in [3.63, 3.8) is 0 Å². The summed E-state index contributed by atoms with van der Waals surface area (Å²) in [5.74, 6) is -0.309. The smallest absolute Gasteiger partial charge is 0.339 e. The number of carbonyl (C=O) groups excluding carboxylic acids is 1. The highest BCUT2D eigenvalue weighted by Crippen LogP contribution is 2.20. The zero-order valence-corrected chi connectivity index (χ0v) is 11.2. The van der Waals surface area contributed by atoms with E-state index in [1.165, 1.54) is 7.11 Å². The second-order valence-electron chi connectivity index (χ2n) is 3.66. The number of hydrogen-bond acceptors (Lipinski definition) is 2. The van der Waals surface area contributed by atoms with Crippen LogP contribution in [0.15, 0.2) is 41.0 Å². The molecule has 1 aromatic heterocycles. The molecule has 88 valence electrons. The predicted molar refractivity (Wildman–Crippen MR) is 69.5 cm³/mol.